The van der Waals surface area contributed by atoms with Gasteiger partial charge in [-0.1, -0.05) is 0 Å². The predicted molar refractivity (Wildman–Crippen MR) is 80.9 cm³/mol. The van der Waals surface area contributed by atoms with Crippen LogP contribution in [0, 0.1) is 13.8 Å². The Morgan fingerprint density at radius 3 is 2.57 bits per heavy atom. The van der Waals surface area contributed by atoms with Gasteiger partial charge < -0.3 is 10.4 Å². The number of rotatable bonds is 4. The van der Waals surface area contributed by atoms with Crippen molar-refractivity contribution < 1.29 is 14.7 Å². The van der Waals surface area contributed by atoms with E-state index < -0.39 is 11.5 Å². The molecule has 0 aromatic carbocycles. The molecule has 112 valence electrons. The third-order valence-electron chi connectivity index (χ3n) is 3.47. The van der Waals surface area contributed by atoms with Gasteiger partial charge in [0.2, 0.25) is 0 Å². The number of aliphatic carboxylic acids is 1. The molecule has 0 fully saturated rings. The molecule has 2 N–H and O–H groups in total. The van der Waals surface area contributed by atoms with Gasteiger partial charge in [-0.3, -0.25) is 9.48 Å². The maximum absolute atomic E-state index is 12.2. The first-order chi connectivity index (χ1) is 9.73. The molecule has 2 aromatic rings. The summed E-state index contributed by atoms with van der Waals surface area (Å²) in [6.07, 6.45) is 2.96. The largest absolute Gasteiger partial charge is 0.479 e. The Morgan fingerprint density at radius 2 is 2.05 bits per heavy atom. The van der Waals surface area contributed by atoms with Crippen molar-refractivity contribution >= 4 is 28.9 Å². The summed E-state index contributed by atoms with van der Waals surface area (Å²) >= 11 is 1.52. The highest BCUT2D eigenvalue weighted by Gasteiger charge is 2.30. The van der Waals surface area contributed by atoms with Crippen LogP contribution >= 0.6 is 11.3 Å². The van der Waals surface area contributed by atoms with Gasteiger partial charge >= 0.3 is 5.97 Å². The third kappa shape index (κ3) is 2.82. The molecule has 0 radical (unpaired) electrons. The topological polar surface area (TPSA) is 84.2 Å². The number of hydrogen-bond acceptors (Lipinski definition) is 4. The van der Waals surface area contributed by atoms with Crippen LogP contribution < -0.4 is 5.32 Å². The number of carbonyl (C=O) groups excluding carboxylic acids is 1. The smallest absolute Gasteiger partial charge is 0.331 e. The lowest BCUT2D eigenvalue weighted by Crippen LogP contribution is -2.35. The Bertz CT molecular complexity index is 700. The molecule has 0 aliphatic rings. The van der Waals surface area contributed by atoms with E-state index in [4.69, 9.17) is 5.11 Å². The van der Waals surface area contributed by atoms with Crippen molar-refractivity contribution in [3.63, 3.8) is 0 Å². The summed E-state index contributed by atoms with van der Waals surface area (Å²) in [4.78, 5) is 24.5. The van der Waals surface area contributed by atoms with Crippen LogP contribution in [-0.4, -0.2) is 26.8 Å². The first kappa shape index (κ1) is 15.2. The third-order valence-corrected chi connectivity index (χ3v) is 4.48. The van der Waals surface area contributed by atoms with Gasteiger partial charge in [0, 0.05) is 16.5 Å². The normalized spacial score (nSPS) is 11.4. The summed E-state index contributed by atoms with van der Waals surface area (Å²) in [5, 5.41) is 17.7. The second-order valence-corrected chi connectivity index (χ2v) is 6.41. The van der Waals surface area contributed by atoms with E-state index in [9.17, 15) is 9.59 Å². The van der Waals surface area contributed by atoms with Gasteiger partial charge in [-0.05, 0) is 33.3 Å². The molecular formula is C14H17N3O3S. The average molecular weight is 307 g/mol. The molecule has 0 saturated carbocycles. The number of carboxylic acid groups (broad SMARTS) is 1. The number of amides is 1. The van der Waals surface area contributed by atoms with Crippen LogP contribution in [0.1, 0.15) is 34.6 Å². The minimum absolute atomic E-state index is 0.218. The number of hydrogen-bond donors (Lipinski definition) is 2. The molecule has 0 spiro atoms. The van der Waals surface area contributed by atoms with Crippen molar-refractivity contribution in [2.24, 2.45) is 0 Å². The average Bonchev–Trinajstić information content (AvgIpc) is 2.98. The van der Waals surface area contributed by atoms with Crippen molar-refractivity contribution in [1.29, 1.82) is 0 Å². The fourth-order valence-corrected chi connectivity index (χ4v) is 2.59. The van der Waals surface area contributed by atoms with E-state index in [0.29, 0.717) is 11.3 Å². The fourth-order valence-electron chi connectivity index (χ4n) is 1.73. The lowest BCUT2D eigenvalue weighted by molar-refractivity contribution is -0.146. The summed E-state index contributed by atoms with van der Waals surface area (Å²) in [6.45, 7) is 6.95. The number of nitrogens with zero attached hydrogens (tertiary/aromatic N) is 2. The van der Waals surface area contributed by atoms with Gasteiger partial charge in [0.15, 0.2) is 5.54 Å². The number of anilines is 1. The number of nitrogens with one attached hydrogen (secondary N) is 1. The van der Waals surface area contributed by atoms with Crippen molar-refractivity contribution in [2.45, 2.75) is 33.2 Å². The van der Waals surface area contributed by atoms with Crippen molar-refractivity contribution in [3.8, 4) is 0 Å². The van der Waals surface area contributed by atoms with Crippen LogP contribution in [-0.2, 0) is 10.3 Å². The monoisotopic (exact) mass is 307 g/mol. The zero-order chi connectivity index (χ0) is 15.8. The Hall–Kier alpha value is -2.15. The zero-order valence-electron chi connectivity index (χ0n) is 12.3. The Labute approximate surface area is 126 Å². The van der Waals surface area contributed by atoms with E-state index in [1.54, 1.807) is 13.8 Å². The molecule has 0 unspecified atom stereocenters. The maximum Gasteiger partial charge on any atom is 0.331 e. The SMILES string of the molecule is Cc1scc(C(=O)Nc2cnn(C(C)(C)C(=O)O)c2)c1C. The lowest BCUT2D eigenvalue weighted by atomic mass is 10.1. The minimum atomic E-state index is -1.17. The molecule has 0 aliphatic heterocycles. The summed E-state index contributed by atoms with van der Waals surface area (Å²) in [7, 11) is 0. The molecule has 6 nitrogen and oxygen atoms in total. The minimum Gasteiger partial charge on any atom is -0.479 e. The standard InChI is InChI=1S/C14H17N3O3S/c1-8-9(2)21-7-11(8)12(18)16-10-5-15-17(6-10)14(3,4)13(19)20/h5-7H,1-4H3,(H,16,18)(H,19,20). The zero-order valence-corrected chi connectivity index (χ0v) is 13.1. The molecule has 0 aliphatic carbocycles. The van der Waals surface area contributed by atoms with Crippen LogP contribution in [0.25, 0.3) is 0 Å². The van der Waals surface area contributed by atoms with E-state index in [1.807, 2.05) is 19.2 Å². The molecule has 0 atom stereocenters. The van der Waals surface area contributed by atoms with Gasteiger partial charge in [-0.2, -0.15) is 5.10 Å². The van der Waals surface area contributed by atoms with Crippen LogP contribution in [0.15, 0.2) is 17.8 Å². The van der Waals surface area contributed by atoms with Gasteiger partial charge in [0.25, 0.3) is 5.91 Å². The van der Waals surface area contributed by atoms with Gasteiger partial charge in [0.05, 0.1) is 17.4 Å². The Balaban J connectivity index is 2.18. The first-order valence-corrected chi connectivity index (χ1v) is 7.26. The van der Waals surface area contributed by atoms with E-state index in [-0.39, 0.29) is 5.91 Å². The first-order valence-electron chi connectivity index (χ1n) is 6.38. The Morgan fingerprint density at radius 1 is 1.38 bits per heavy atom. The molecule has 2 heterocycles. The number of aryl methyl sites for hydroxylation is 1. The van der Waals surface area contributed by atoms with E-state index >= 15 is 0 Å². The highest BCUT2D eigenvalue weighted by molar-refractivity contribution is 7.10. The quantitative estimate of drug-likeness (QED) is 0.909. The van der Waals surface area contributed by atoms with Gasteiger partial charge in [0.1, 0.15) is 0 Å². The Kier molecular flexibility index (Phi) is 3.87. The van der Waals surface area contributed by atoms with Crippen molar-refractivity contribution in [1.82, 2.24) is 9.78 Å². The number of carboxylic acids is 1. The van der Waals surface area contributed by atoms with Gasteiger partial charge in [-0.25, -0.2) is 4.79 Å². The van der Waals surface area contributed by atoms with E-state index in [0.717, 1.165) is 10.4 Å². The molecule has 2 aromatic heterocycles. The summed E-state index contributed by atoms with van der Waals surface area (Å²) < 4.78 is 1.32. The van der Waals surface area contributed by atoms with Crippen molar-refractivity contribution in [3.05, 3.63) is 33.8 Å². The van der Waals surface area contributed by atoms with Crippen LogP contribution in [0.2, 0.25) is 0 Å². The fraction of sp³-hybridized carbons (Fsp3) is 0.357. The summed E-state index contributed by atoms with van der Waals surface area (Å²) in [5.41, 5.74) is 0.883. The lowest BCUT2D eigenvalue weighted by Gasteiger charge is -2.19. The second-order valence-electron chi connectivity index (χ2n) is 5.32. The van der Waals surface area contributed by atoms with Gasteiger partial charge in [-0.15, -0.1) is 11.3 Å². The molecule has 7 heteroatoms. The maximum atomic E-state index is 12.2. The number of aromatic nitrogens is 2. The highest BCUT2D eigenvalue weighted by Crippen LogP contribution is 2.22. The number of thiophene rings is 1. The summed E-state index contributed by atoms with van der Waals surface area (Å²) in [6, 6.07) is 0. The summed E-state index contributed by atoms with van der Waals surface area (Å²) in [5.74, 6) is -1.21. The van der Waals surface area contributed by atoms with Crippen LogP contribution in [0.4, 0.5) is 5.69 Å². The molecule has 1 amide bonds. The highest BCUT2D eigenvalue weighted by atomic mass is 32.1. The molecule has 21 heavy (non-hydrogen) atoms. The molecule has 0 saturated heterocycles. The van der Waals surface area contributed by atoms with Crippen LogP contribution in [0.5, 0.6) is 0 Å². The van der Waals surface area contributed by atoms with E-state index in [1.165, 1.54) is 28.4 Å². The number of carbonyl (C=O) groups is 2. The molecular weight excluding hydrogens is 290 g/mol. The predicted octanol–water partition coefficient (Wildman–Crippen LogP) is 2.63. The molecule has 2 rings (SSSR count). The van der Waals surface area contributed by atoms with E-state index in [2.05, 4.69) is 10.4 Å². The molecule has 0 bridgehead atoms. The van der Waals surface area contributed by atoms with Crippen molar-refractivity contribution in [2.75, 3.05) is 5.32 Å². The van der Waals surface area contributed by atoms with Crippen LogP contribution in [0.3, 0.4) is 0 Å². The second kappa shape index (κ2) is 5.33.